The summed E-state index contributed by atoms with van der Waals surface area (Å²) in [5.74, 6) is 0. The zero-order valence-corrected chi connectivity index (χ0v) is 13.8. The highest BCUT2D eigenvalue weighted by atomic mass is 79.9. The lowest BCUT2D eigenvalue weighted by molar-refractivity contribution is 0.485. The van der Waals surface area contributed by atoms with E-state index >= 15 is 0 Å². The Morgan fingerprint density at radius 1 is 1.18 bits per heavy atom. The summed E-state index contributed by atoms with van der Waals surface area (Å²) in [6.45, 7) is 5.43. The van der Waals surface area contributed by atoms with Crippen molar-refractivity contribution in [1.29, 1.82) is 0 Å². The van der Waals surface area contributed by atoms with E-state index in [2.05, 4.69) is 69.2 Å². The number of unbranched alkanes of at least 4 members (excludes halogenated alkanes) is 2. The van der Waals surface area contributed by atoms with Gasteiger partial charge in [-0.1, -0.05) is 71.0 Å². The predicted octanol–water partition coefficient (Wildman–Crippen LogP) is 5.44. The minimum atomic E-state index is 0.467. The van der Waals surface area contributed by atoms with Gasteiger partial charge in [-0.3, -0.25) is 0 Å². The monoisotopic (exact) mass is 361 g/mol. The van der Waals surface area contributed by atoms with Gasteiger partial charge in [0, 0.05) is 15.0 Å². The molecule has 1 unspecified atom stereocenters. The lowest BCUT2D eigenvalue weighted by atomic mass is 10.0. The van der Waals surface area contributed by atoms with Crippen molar-refractivity contribution in [1.82, 2.24) is 5.32 Å². The van der Waals surface area contributed by atoms with Crippen molar-refractivity contribution < 1.29 is 0 Å². The maximum absolute atomic E-state index is 3.66. The first kappa shape index (κ1) is 15.2. The number of halogens is 2. The summed E-state index contributed by atoms with van der Waals surface area (Å²) in [7, 11) is 0. The van der Waals surface area contributed by atoms with Crippen LogP contribution in [0, 0.1) is 0 Å². The van der Waals surface area contributed by atoms with Gasteiger partial charge in [0.1, 0.15) is 0 Å². The van der Waals surface area contributed by atoms with Crippen LogP contribution in [0.2, 0.25) is 0 Å². The molecule has 1 rings (SSSR count). The van der Waals surface area contributed by atoms with Gasteiger partial charge in [0.15, 0.2) is 0 Å². The van der Waals surface area contributed by atoms with Gasteiger partial charge in [0.25, 0.3) is 0 Å². The average Bonchev–Trinajstić information content (AvgIpc) is 2.28. The minimum absolute atomic E-state index is 0.467. The van der Waals surface area contributed by atoms with Gasteiger partial charge in [-0.25, -0.2) is 0 Å². The van der Waals surface area contributed by atoms with Crippen molar-refractivity contribution in [3.8, 4) is 0 Å². The summed E-state index contributed by atoms with van der Waals surface area (Å²) in [5.41, 5.74) is 1.37. The van der Waals surface area contributed by atoms with Gasteiger partial charge in [0.05, 0.1) is 0 Å². The second-order valence-electron chi connectivity index (χ2n) is 4.27. The molecule has 0 aliphatic carbocycles. The Hall–Kier alpha value is 0.140. The van der Waals surface area contributed by atoms with E-state index in [0.717, 1.165) is 11.0 Å². The van der Waals surface area contributed by atoms with E-state index < -0.39 is 0 Å². The highest BCUT2D eigenvalue weighted by Crippen LogP contribution is 2.29. The maximum Gasteiger partial charge on any atom is 0.0331 e. The molecule has 1 N–H and O–H groups in total. The molecule has 17 heavy (non-hydrogen) atoms. The molecule has 0 heterocycles. The summed E-state index contributed by atoms with van der Waals surface area (Å²) in [4.78, 5) is 0. The van der Waals surface area contributed by atoms with Crippen molar-refractivity contribution >= 4 is 31.9 Å². The SMILES string of the molecule is CCCCCC(NCC)c1ccc(Br)cc1Br. The standard InChI is InChI=1S/C14H21Br2N/c1-3-5-6-7-14(17-4-2)12-9-8-11(15)10-13(12)16/h8-10,14,17H,3-7H2,1-2H3. The first-order valence-electron chi connectivity index (χ1n) is 6.37. The van der Waals surface area contributed by atoms with Crippen molar-refractivity contribution in [3.05, 3.63) is 32.7 Å². The van der Waals surface area contributed by atoms with Crippen LogP contribution in [0.1, 0.15) is 51.1 Å². The van der Waals surface area contributed by atoms with Gasteiger partial charge in [-0.15, -0.1) is 0 Å². The Labute approximate surface area is 122 Å². The second-order valence-corrected chi connectivity index (χ2v) is 6.04. The highest BCUT2D eigenvalue weighted by molar-refractivity contribution is 9.11. The van der Waals surface area contributed by atoms with Crippen molar-refractivity contribution in [2.45, 2.75) is 45.6 Å². The third-order valence-corrected chi connectivity index (χ3v) is 4.06. The van der Waals surface area contributed by atoms with Crippen LogP contribution in [-0.4, -0.2) is 6.54 Å². The average molecular weight is 363 g/mol. The summed E-state index contributed by atoms with van der Waals surface area (Å²) in [6.07, 6.45) is 5.09. The fraction of sp³-hybridized carbons (Fsp3) is 0.571. The smallest absolute Gasteiger partial charge is 0.0331 e. The largest absolute Gasteiger partial charge is 0.310 e. The van der Waals surface area contributed by atoms with Gasteiger partial charge >= 0.3 is 0 Å². The first-order chi connectivity index (χ1) is 8.19. The van der Waals surface area contributed by atoms with Crippen LogP contribution >= 0.6 is 31.9 Å². The number of benzene rings is 1. The Morgan fingerprint density at radius 2 is 1.94 bits per heavy atom. The summed E-state index contributed by atoms with van der Waals surface area (Å²) < 4.78 is 2.31. The van der Waals surface area contributed by atoms with Crippen molar-refractivity contribution in [3.63, 3.8) is 0 Å². The Kier molecular flexibility index (Phi) is 7.40. The molecule has 1 aromatic carbocycles. The normalized spacial score (nSPS) is 12.7. The molecule has 96 valence electrons. The topological polar surface area (TPSA) is 12.0 Å². The molecule has 1 atom stereocenters. The molecule has 0 saturated carbocycles. The minimum Gasteiger partial charge on any atom is -0.310 e. The van der Waals surface area contributed by atoms with Gasteiger partial charge in [-0.2, -0.15) is 0 Å². The van der Waals surface area contributed by atoms with Crippen molar-refractivity contribution in [2.24, 2.45) is 0 Å². The lowest BCUT2D eigenvalue weighted by Gasteiger charge is -2.20. The first-order valence-corrected chi connectivity index (χ1v) is 7.96. The molecule has 0 amide bonds. The van der Waals surface area contributed by atoms with Crippen molar-refractivity contribution in [2.75, 3.05) is 6.54 Å². The maximum atomic E-state index is 3.66. The molecular formula is C14H21Br2N. The molecule has 0 bridgehead atoms. The number of hydrogen-bond donors (Lipinski definition) is 1. The number of nitrogens with one attached hydrogen (secondary N) is 1. The molecule has 0 aliphatic rings. The van der Waals surface area contributed by atoms with E-state index in [4.69, 9.17) is 0 Å². The molecule has 0 aliphatic heterocycles. The molecular weight excluding hydrogens is 342 g/mol. The molecule has 1 aromatic rings. The van der Waals surface area contributed by atoms with Crippen LogP contribution in [0.3, 0.4) is 0 Å². The van der Waals surface area contributed by atoms with E-state index in [-0.39, 0.29) is 0 Å². The zero-order chi connectivity index (χ0) is 12.7. The van der Waals surface area contributed by atoms with Crippen LogP contribution in [0.5, 0.6) is 0 Å². The quantitative estimate of drug-likeness (QED) is 0.636. The van der Waals surface area contributed by atoms with Crippen LogP contribution < -0.4 is 5.32 Å². The molecule has 1 nitrogen and oxygen atoms in total. The zero-order valence-electron chi connectivity index (χ0n) is 10.6. The summed E-state index contributed by atoms with van der Waals surface area (Å²) in [6, 6.07) is 6.91. The van der Waals surface area contributed by atoms with Crippen LogP contribution in [0.15, 0.2) is 27.1 Å². The fourth-order valence-corrected chi connectivity index (χ4v) is 3.32. The van der Waals surface area contributed by atoms with E-state index in [1.165, 1.54) is 35.7 Å². The third kappa shape index (κ3) is 5.11. The van der Waals surface area contributed by atoms with E-state index in [0.29, 0.717) is 6.04 Å². The molecule has 0 saturated heterocycles. The van der Waals surface area contributed by atoms with Gasteiger partial charge in [-0.05, 0) is 30.7 Å². The molecule has 3 heteroatoms. The van der Waals surface area contributed by atoms with E-state index in [1.54, 1.807) is 0 Å². The van der Waals surface area contributed by atoms with Gasteiger partial charge in [0.2, 0.25) is 0 Å². The van der Waals surface area contributed by atoms with E-state index in [1.807, 2.05) is 0 Å². The Bertz CT molecular complexity index is 339. The van der Waals surface area contributed by atoms with Crippen LogP contribution in [0.4, 0.5) is 0 Å². The Morgan fingerprint density at radius 3 is 2.53 bits per heavy atom. The predicted molar refractivity (Wildman–Crippen MR) is 82.4 cm³/mol. The lowest BCUT2D eigenvalue weighted by Crippen LogP contribution is -2.21. The summed E-state index contributed by atoms with van der Waals surface area (Å²) in [5, 5.41) is 3.57. The fourth-order valence-electron chi connectivity index (χ4n) is 2.00. The molecule has 0 aromatic heterocycles. The summed E-state index contributed by atoms with van der Waals surface area (Å²) >= 11 is 7.15. The number of hydrogen-bond acceptors (Lipinski definition) is 1. The van der Waals surface area contributed by atoms with Crippen LogP contribution in [0.25, 0.3) is 0 Å². The Balaban J connectivity index is 2.74. The van der Waals surface area contributed by atoms with Gasteiger partial charge < -0.3 is 5.32 Å². The third-order valence-electron chi connectivity index (χ3n) is 2.88. The highest BCUT2D eigenvalue weighted by Gasteiger charge is 2.13. The molecule has 0 spiro atoms. The van der Waals surface area contributed by atoms with E-state index in [9.17, 15) is 0 Å². The second kappa shape index (κ2) is 8.28. The molecule has 0 radical (unpaired) electrons. The van der Waals surface area contributed by atoms with Crippen LogP contribution in [-0.2, 0) is 0 Å². The number of rotatable bonds is 7. The molecule has 0 fully saturated rings.